The molecule has 42 heavy (non-hydrogen) atoms. The number of carbonyl (C=O) groups excluding carboxylic acids is 2. The Bertz CT molecular complexity index is 1830. The van der Waals surface area contributed by atoms with Crippen molar-refractivity contribution in [3.8, 4) is 5.75 Å². The summed E-state index contributed by atoms with van der Waals surface area (Å²) in [6, 6.07) is 17.5. The number of nitrogens with zero attached hydrogens (tertiary/aromatic N) is 1. The molecule has 0 radical (unpaired) electrons. The van der Waals surface area contributed by atoms with Gasteiger partial charge < -0.3 is 14.0 Å². The fourth-order valence-electron chi connectivity index (χ4n) is 5.12. The molecular weight excluding hydrogens is 558 g/mol. The number of aromatic nitrogens is 1. The fraction of sp³-hybridized carbons (Fsp3) is 0.258. The van der Waals surface area contributed by atoms with Crippen molar-refractivity contribution in [2.45, 2.75) is 50.2 Å². The van der Waals surface area contributed by atoms with Gasteiger partial charge in [0, 0.05) is 34.5 Å². The van der Waals surface area contributed by atoms with Crippen LogP contribution in [-0.2, 0) is 21.3 Å². The highest BCUT2D eigenvalue weighted by molar-refractivity contribution is 7.90. The molecule has 2 amide bonds. The molecule has 10 nitrogen and oxygen atoms in total. The summed E-state index contributed by atoms with van der Waals surface area (Å²) >= 11 is 0. The zero-order valence-electron chi connectivity index (χ0n) is 23.3. The van der Waals surface area contributed by atoms with Gasteiger partial charge in [-0.25, -0.2) is 17.9 Å². The van der Waals surface area contributed by atoms with E-state index in [-0.39, 0.29) is 28.5 Å². The van der Waals surface area contributed by atoms with Gasteiger partial charge in [-0.05, 0) is 74.6 Å². The standard InChI is InChI=1S/C31H31N3O7S/c1-20-7-3-6-10-29(20)42(38,39)33-30(36)21-11-12-22(28(17-21)40-2)19-34-16-15-27(35)25-14-13-23(18-26(25)34)32-31(37)41-24-8-4-5-9-24/h3,6-7,10-18,24H,4-5,8-9,19H2,1-2H3,(H,32,37)(H,33,36). The number of pyridine rings is 1. The Hall–Kier alpha value is -4.64. The molecule has 11 heteroatoms. The number of amides is 2. The lowest BCUT2D eigenvalue weighted by atomic mass is 10.1. The first-order valence-electron chi connectivity index (χ1n) is 13.5. The van der Waals surface area contributed by atoms with Crippen molar-refractivity contribution in [1.29, 1.82) is 0 Å². The van der Waals surface area contributed by atoms with Crippen LogP contribution in [0.25, 0.3) is 10.9 Å². The lowest BCUT2D eigenvalue weighted by Gasteiger charge is -2.16. The van der Waals surface area contributed by atoms with Gasteiger partial charge in [0.2, 0.25) is 0 Å². The lowest BCUT2D eigenvalue weighted by Crippen LogP contribution is -2.31. The van der Waals surface area contributed by atoms with Gasteiger partial charge in [-0.1, -0.05) is 24.3 Å². The largest absolute Gasteiger partial charge is 0.496 e. The minimum Gasteiger partial charge on any atom is -0.496 e. The first kappa shape index (κ1) is 28.9. The van der Waals surface area contributed by atoms with E-state index in [0.717, 1.165) is 25.7 Å². The SMILES string of the molecule is COc1cc(C(=O)NS(=O)(=O)c2ccccc2C)ccc1Cn1ccc(=O)c2ccc(NC(=O)OC3CCCC3)cc21. The van der Waals surface area contributed by atoms with Gasteiger partial charge in [-0.15, -0.1) is 0 Å². The molecule has 1 aliphatic rings. The van der Waals surface area contributed by atoms with E-state index in [1.165, 1.54) is 31.4 Å². The van der Waals surface area contributed by atoms with Crippen molar-refractivity contribution in [3.05, 3.63) is 99.8 Å². The van der Waals surface area contributed by atoms with Crippen LogP contribution >= 0.6 is 0 Å². The molecule has 1 saturated carbocycles. The molecule has 1 aromatic heterocycles. The molecule has 0 atom stereocenters. The van der Waals surface area contributed by atoms with Gasteiger partial charge >= 0.3 is 6.09 Å². The smallest absolute Gasteiger partial charge is 0.411 e. The van der Waals surface area contributed by atoms with Crippen LogP contribution in [0, 0.1) is 6.92 Å². The second-order valence-electron chi connectivity index (χ2n) is 10.2. The van der Waals surface area contributed by atoms with Crippen LogP contribution in [0.5, 0.6) is 5.75 Å². The van der Waals surface area contributed by atoms with Crippen molar-refractivity contribution in [2.24, 2.45) is 0 Å². The Kier molecular flexibility index (Phi) is 8.30. The Morgan fingerprint density at radius 3 is 2.50 bits per heavy atom. The second kappa shape index (κ2) is 12.1. The molecule has 1 aliphatic carbocycles. The van der Waals surface area contributed by atoms with E-state index >= 15 is 0 Å². The first-order chi connectivity index (χ1) is 20.1. The zero-order chi connectivity index (χ0) is 29.9. The number of rotatable bonds is 8. The lowest BCUT2D eigenvalue weighted by molar-refractivity contribution is 0.0980. The average molecular weight is 590 g/mol. The van der Waals surface area contributed by atoms with Crippen LogP contribution in [0.4, 0.5) is 10.5 Å². The van der Waals surface area contributed by atoms with Crippen molar-refractivity contribution >= 4 is 38.6 Å². The number of sulfonamides is 1. The topological polar surface area (TPSA) is 133 Å². The van der Waals surface area contributed by atoms with Crippen LogP contribution in [0.3, 0.4) is 0 Å². The maximum absolute atomic E-state index is 12.9. The number of nitrogens with one attached hydrogen (secondary N) is 2. The Labute approximate surface area is 243 Å². The molecule has 218 valence electrons. The number of anilines is 1. The van der Waals surface area contributed by atoms with Gasteiger partial charge in [-0.2, -0.15) is 0 Å². The van der Waals surface area contributed by atoms with Crippen LogP contribution in [0.2, 0.25) is 0 Å². The normalized spacial score (nSPS) is 13.6. The highest BCUT2D eigenvalue weighted by Gasteiger charge is 2.22. The maximum Gasteiger partial charge on any atom is 0.411 e. The second-order valence-corrected chi connectivity index (χ2v) is 11.9. The highest BCUT2D eigenvalue weighted by atomic mass is 32.2. The number of benzene rings is 3. The summed E-state index contributed by atoms with van der Waals surface area (Å²) in [5.74, 6) is -0.436. The van der Waals surface area contributed by atoms with Gasteiger partial charge in [-0.3, -0.25) is 14.9 Å². The number of carbonyl (C=O) groups is 2. The van der Waals surface area contributed by atoms with E-state index in [0.29, 0.717) is 33.5 Å². The van der Waals surface area contributed by atoms with E-state index < -0.39 is 22.0 Å². The van der Waals surface area contributed by atoms with E-state index in [1.807, 2.05) is 4.57 Å². The van der Waals surface area contributed by atoms with Crippen molar-refractivity contribution in [3.63, 3.8) is 0 Å². The van der Waals surface area contributed by atoms with Gasteiger partial charge in [0.15, 0.2) is 5.43 Å². The molecule has 4 aromatic rings. The van der Waals surface area contributed by atoms with Crippen LogP contribution < -0.4 is 20.2 Å². The van der Waals surface area contributed by atoms with E-state index in [4.69, 9.17) is 9.47 Å². The maximum atomic E-state index is 12.9. The summed E-state index contributed by atoms with van der Waals surface area (Å²) in [6.07, 6.45) is 4.82. The number of fused-ring (bicyclic) bond motifs is 1. The molecular formula is C31H31N3O7S. The molecule has 0 unspecified atom stereocenters. The average Bonchev–Trinajstić information content (AvgIpc) is 3.47. The fourth-order valence-corrected chi connectivity index (χ4v) is 6.34. The predicted octanol–water partition coefficient (Wildman–Crippen LogP) is 4.98. The minimum absolute atomic E-state index is 0.0210. The Morgan fingerprint density at radius 1 is 1.00 bits per heavy atom. The molecule has 3 aromatic carbocycles. The highest BCUT2D eigenvalue weighted by Crippen LogP contribution is 2.25. The molecule has 5 rings (SSSR count). The molecule has 2 N–H and O–H groups in total. The number of aryl methyl sites for hydroxylation is 1. The number of hydrogen-bond donors (Lipinski definition) is 2. The van der Waals surface area contributed by atoms with Crippen LogP contribution in [0.15, 0.2) is 82.6 Å². The van der Waals surface area contributed by atoms with Crippen LogP contribution in [-0.4, -0.2) is 38.2 Å². The Balaban J connectivity index is 1.38. The van der Waals surface area contributed by atoms with Gasteiger partial charge in [0.05, 0.1) is 24.1 Å². The monoisotopic (exact) mass is 589 g/mol. The quantitative estimate of drug-likeness (QED) is 0.296. The van der Waals surface area contributed by atoms with E-state index in [1.54, 1.807) is 55.6 Å². The van der Waals surface area contributed by atoms with E-state index in [9.17, 15) is 22.8 Å². The minimum atomic E-state index is -4.08. The summed E-state index contributed by atoms with van der Waals surface area (Å²) in [5, 5.41) is 3.21. The number of methoxy groups -OCH3 is 1. The molecule has 0 aliphatic heterocycles. The molecule has 1 fully saturated rings. The Morgan fingerprint density at radius 2 is 1.76 bits per heavy atom. The van der Waals surface area contributed by atoms with E-state index in [2.05, 4.69) is 10.0 Å². The van der Waals surface area contributed by atoms with Gasteiger partial charge in [0.25, 0.3) is 15.9 Å². The number of ether oxygens (including phenoxy) is 2. The number of hydrogen-bond acceptors (Lipinski definition) is 7. The van der Waals surface area contributed by atoms with Crippen molar-refractivity contribution < 1.29 is 27.5 Å². The summed E-state index contributed by atoms with van der Waals surface area (Å²) < 4.78 is 40.6. The third-order valence-electron chi connectivity index (χ3n) is 7.30. The van der Waals surface area contributed by atoms with Crippen molar-refractivity contribution in [1.82, 2.24) is 9.29 Å². The third kappa shape index (κ3) is 6.31. The first-order valence-corrected chi connectivity index (χ1v) is 15.0. The predicted molar refractivity (Wildman–Crippen MR) is 158 cm³/mol. The van der Waals surface area contributed by atoms with Gasteiger partial charge in [0.1, 0.15) is 11.9 Å². The molecule has 0 spiro atoms. The third-order valence-corrected chi connectivity index (χ3v) is 8.79. The summed E-state index contributed by atoms with van der Waals surface area (Å²) in [7, 11) is -2.63. The molecule has 1 heterocycles. The summed E-state index contributed by atoms with van der Waals surface area (Å²) in [5.41, 5.74) is 2.19. The summed E-state index contributed by atoms with van der Waals surface area (Å²) in [6.45, 7) is 1.91. The molecule has 0 bridgehead atoms. The molecule has 0 saturated heterocycles. The van der Waals surface area contributed by atoms with Crippen molar-refractivity contribution in [2.75, 3.05) is 12.4 Å². The zero-order valence-corrected chi connectivity index (χ0v) is 24.1. The summed E-state index contributed by atoms with van der Waals surface area (Å²) in [4.78, 5) is 37.9. The van der Waals surface area contributed by atoms with Crippen LogP contribution in [0.1, 0.15) is 47.2 Å².